The minimum Gasteiger partial charge on any atom is -0.312 e. The fourth-order valence-corrected chi connectivity index (χ4v) is 4.24. The summed E-state index contributed by atoms with van der Waals surface area (Å²) in [7, 11) is 6.70. The molecule has 1 N–H and O–H groups in total. The van der Waals surface area contributed by atoms with E-state index in [1.165, 1.54) is 49.9 Å². The van der Waals surface area contributed by atoms with Crippen LogP contribution in [0.25, 0.3) is 0 Å². The van der Waals surface area contributed by atoms with E-state index in [0.29, 0.717) is 12.1 Å². The van der Waals surface area contributed by atoms with E-state index in [4.69, 9.17) is 0 Å². The molecule has 1 aromatic carbocycles. The molecule has 0 amide bonds. The highest BCUT2D eigenvalue weighted by molar-refractivity contribution is 5.33. The highest BCUT2D eigenvalue weighted by Crippen LogP contribution is 2.32. The van der Waals surface area contributed by atoms with E-state index in [1.54, 1.807) is 0 Å². The number of fused-ring (bicyclic) bond motifs is 1. The Hall–Kier alpha value is -0.900. The summed E-state index contributed by atoms with van der Waals surface area (Å²) in [4.78, 5) is 5.13. The van der Waals surface area contributed by atoms with Crippen molar-refractivity contribution in [2.24, 2.45) is 0 Å². The molecule has 1 saturated heterocycles. The van der Waals surface area contributed by atoms with Crippen LogP contribution in [0, 0.1) is 0 Å². The van der Waals surface area contributed by atoms with Gasteiger partial charge in [-0.05, 0) is 64.5 Å². The first-order valence-corrected chi connectivity index (χ1v) is 8.36. The Labute approximate surface area is 129 Å². The number of nitrogens with zero attached hydrogens (tertiary/aromatic N) is 2. The van der Waals surface area contributed by atoms with Gasteiger partial charge in [0.15, 0.2) is 0 Å². The van der Waals surface area contributed by atoms with Crippen molar-refractivity contribution >= 4 is 0 Å². The molecule has 1 aromatic rings. The Bertz CT molecular complexity index is 473. The van der Waals surface area contributed by atoms with E-state index in [1.807, 2.05) is 0 Å². The van der Waals surface area contributed by atoms with E-state index < -0.39 is 0 Å². The average Bonchev–Trinajstić information content (AvgIpc) is 2.91. The molecule has 3 nitrogen and oxygen atoms in total. The van der Waals surface area contributed by atoms with Crippen molar-refractivity contribution in [3.8, 4) is 0 Å². The van der Waals surface area contributed by atoms with Gasteiger partial charge < -0.3 is 10.2 Å². The number of likely N-dealkylation sites (tertiary alicyclic amines) is 1. The van der Waals surface area contributed by atoms with Crippen LogP contribution in [0.5, 0.6) is 0 Å². The first-order valence-electron chi connectivity index (χ1n) is 8.36. The minimum atomic E-state index is 0.464. The van der Waals surface area contributed by atoms with Gasteiger partial charge in [0, 0.05) is 24.7 Å². The van der Waals surface area contributed by atoms with Crippen LogP contribution in [0.4, 0.5) is 0 Å². The molecule has 1 fully saturated rings. The third kappa shape index (κ3) is 3.01. The summed E-state index contributed by atoms with van der Waals surface area (Å²) in [6.45, 7) is 2.46. The molecule has 3 rings (SSSR count). The molecule has 0 saturated carbocycles. The molecule has 1 aliphatic heterocycles. The summed E-state index contributed by atoms with van der Waals surface area (Å²) in [6.07, 6.45) is 5.19. The Kier molecular flexibility index (Phi) is 4.63. The first-order chi connectivity index (χ1) is 10.2. The SMILES string of the molecule is CNC1c2ccccc2CCC1N(C)CC1CCCN1C. The maximum Gasteiger partial charge on any atom is 0.0478 e. The van der Waals surface area contributed by atoms with Gasteiger partial charge in [-0.1, -0.05) is 24.3 Å². The highest BCUT2D eigenvalue weighted by Gasteiger charge is 2.33. The number of hydrogen-bond acceptors (Lipinski definition) is 3. The Morgan fingerprint density at radius 3 is 2.81 bits per heavy atom. The third-order valence-electron chi connectivity index (χ3n) is 5.53. The van der Waals surface area contributed by atoms with Crippen molar-refractivity contribution in [3.05, 3.63) is 35.4 Å². The lowest BCUT2D eigenvalue weighted by molar-refractivity contribution is 0.138. The molecule has 21 heavy (non-hydrogen) atoms. The summed E-state index contributed by atoms with van der Waals surface area (Å²) in [6, 6.07) is 10.8. The summed E-state index contributed by atoms with van der Waals surface area (Å²) >= 11 is 0. The summed E-state index contributed by atoms with van der Waals surface area (Å²) < 4.78 is 0. The van der Waals surface area contributed by atoms with E-state index >= 15 is 0 Å². The number of hydrogen-bond donors (Lipinski definition) is 1. The van der Waals surface area contributed by atoms with E-state index in [9.17, 15) is 0 Å². The number of nitrogens with one attached hydrogen (secondary N) is 1. The summed E-state index contributed by atoms with van der Waals surface area (Å²) in [5.41, 5.74) is 3.03. The lowest BCUT2D eigenvalue weighted by Gasteiger charge is -2.40. The fourth-order valence-electron chi connectivity index (χ4n) is 4.24. The van der Waals surface area contributed by atoms with Crippen molar-refractivity contribution in [2.75, 3.05) is 34.2 Å². The molecule has 3 atom stereocenters. The quantitative estimate of drug-likeness (QED) is 0.916. The van der Waals surface area contributed by atoms with E-state index in [-0.39, 0.29) is 0 Å². The summed E-state index contributed by atoms with van der Waals surface area (Å²) in [5, 5.41) is 3.57. The van der Waals surface area contributed by atoms with Crippen LogP contribution < -0.4 is 5.32 Å². The Morgan fingerprint density at radius 1 is 1.29 bits per heavy atom. The average molecular weight is 287 g/mol. The monoisotopic (exact) mass is 287 g/mol. The molecule has 1 aliphatic carbocycles. The Morgan fingerprint density at radius 2 is 2.10 bits per heavy atom. The zero-order chi connectivity index (χ0) is 14.8. The predicted octanol–water partition coefficient (Wildman–Crippen LogP) is 2.29. The first kappa shape index (κ1) is 15.0. The zero-order valence-corrected chi connectivity index (χ0v) is 13.7. The van der Waals surface area contributed by atoms with Crippen LogP contribution in [0.3, 0.4) is 0 Å². The van der Waals surface area contributed by atoms with E-state index in [2.05, 4.69) is 60.5 Å². The van der Waals surface area contributed by atoms with Gasteiger partial charge in [-0.2, -0.15) is 0 Å². The second kappa shape index (κ2) is 6.47. The fraction of sp³-hybridized carbons (Fsp3) is 0.667. The molecule has 3 heteroatoms. The van der Waals surface area contributed by atoms with Gasteiger partial charge in [0.1, 0.15) is 0 Å². The van der Waals surface area contributed by atoms with Gasteiger partial charge in [0.05, 0.1) is 0 Å². The third-order valence-corrected chi connectivity index (χ3v) is 5.53. The van der Waals surface area contributed by atoms with Crippen LogP contribution in [-0.2, 0) is 6.42 Å². The van der Waals surface area contributed by atoms with Gasteiger partial charge in [-0.25, -0.2) is 0 Å². The van der Waals surface area contributed by atoms with Crippen molar-refractivity contribution in [3.63, 3.8) is 0 Å². The lowest BCUT2D eigenvalue weighted by atomic mass is 9.83. The molecular formula is C18H29N3. The molecule has 0 radical (unpaired) electrons. The van der Waals surface area contributed by atoms with Crippen molar-refractivity contribution < 1.29 is 0 Å². The van der Waals surface area contributed by atoms with Crippen LogP contribution in [0.2, 0.25) is 0 Å². The molecule has 0 aromatic heterocycles. The maximum absolute atomic E-state index is 3.57. The minimum absolute atomic E-state index is 0.464. The molecule has 3 unspecified atom stereocenters. The second-order valence-corrected chi connectivity index (χ2v) is 6.79. The van der Waals surface area contributed by atoms with Gasteiger partial charge >= 0.3 is 0 Å². The molecule has 0 spiro atoms. The van der Waals surface area contributed by atoms with Gasteiger partial charge in [0.2, 0.25) is 0 Å². The molecule has 0 bridgehead atoms. The second-order valence-electron chi connectivity index (χ2n) is 6.79. The predicted molar refractivity (Wildman–Crippen MR) is 88.6 cm³/mol. The zero-order valence-electron chi connectivity index (χ0n) is 13.7. The van der Waals surface area contributed by atoms with Crippen LogP contribution in [0.15, 0.2) is 24.3 Å². The Balaban J connectivity index is 1.73. The highest BCUT2D eigenvalue weighted by atomic mass is 15.2. The number of aryl methyl sites for hydroxylation is 1. The summed E-state index contributed by atoms with van der Waals surface area (Å²) in [5.74, 6) is 0. The normalized spacial score (nSPS) is 29.8. The molecular weight excluding hydrogens is 258 g/mol. The van der Waals surface area contributed by atoms with Crippen molar-refractivity contribution in [2.45, 2.75) is 43.8 Å². The molecule has 1 heterocycles. The van der Waals surface area contributed by atoms with Crippen molar-refractivity contribution in [1.29, 1.82) is 0 Å². The van der Waals surface area contributed by atoms with Crippen molar-refractivity contribution in [1.82, 2.24) is 15.1 Å². The number of rotatable bonds is 4. The lowest BCUT2D eigenvalue weighted by Crippen LogP contribution is -2.48. The van der Waals surface area contributed by atoms with Gasteiger partial charge in [-0.3, -0.25) is 4.90 Å². The van der Waals surface area contributed by atoms with E-state index in [0.717, 1.165) is 6.04 Å². The topological polar surface area (TPSA) is 18.5 Å². The molecule has 2 aliphatic rings. The maximum atomic E-state index is 3.57. The standard InChI is InChI=1S/C18H29N3/c1-19-18-16-9-5-4-7-14(16)10-11-17(18)21(3)13-15-8-6-12-20(15)2/h4-5,7,9,15,17-19H,6,8,10-13H2,1-3H3. The van der Waals surface area contributed by atoms with Gasteiger partial charge in [0.25, 0.3) is 0 Å². The smallest absolute Gasteiger partial charge is 0.0478 e. The largest absolute Gasteiger partial charge is 0.312 e. The van der Waals surface area contributed by atoms with Crippen LogP contribution in [0.1, 0.15) is 36.4 Å². The van der Waals surface area contributed by atoms with Gasteiger partial charge in [-0.15, -0.1) is 0 Å². The molecule has 116 valence electrons. The van der Waals surface area contributed by atoms with Crippen LogP contribution >= 0.6 is 0 Å². The number of likely N-dealkylation sites (N-methyl/N-ethyl adjacent to an activating group) is 3. The number of benzene rings is 1. The van der Waals surface area contributed by atoms with Crippen LogP contribution in [-0.4, -0.2) is 56.1 Å².